The first-order valence-electron chi connectivity index (χ1n) is 6.13. The molecule has 0 radical (unpaired) electrons. The van der Waals surface area contributed by atoms with E-state index in [-0.39, 0.29) is 0 Å². The summed E-state index contributed by atoms with van der Waals surface area (Å²) in [6.07, 6.45) is 2.26. The Kier molecular flexibility index (Phi) is 3.36. The third-order valence-electron chi connectivity index (χ3n) is 3.12. The fourth-order valence-electron chi connectivity index (χ4n) is 2.12. The Labute approximate surface area is 122 Å². The molecule has 0 amide bonds. The summed E-state index contributed by atoms with van der Waals surface area (Å²) in [5.41, 5.74) is 2.82. The molecule has 3 rings (SSSR count). The molecule has 2 aromatic rings. The summed E-state index contributed by atoms with van der Waals surface area (Å²) in [5, 5.41) is 11.5. The third-order valence-corrected chi connectivity index (χ3v) is 4.04. The van der Waals surface area contributed by atoms with Crippen LogP contribution in [0.4, 0.5) is 5.69 Å². The van der Waals surface area contributed by atoms with Crippen molar-refractivity contribution < 1.29 is 4.74 Å². The van der Waals surface area contributed by atoms with Crippen molar-refractivity contribution >= 4 is 23.1 Å². The van der Waals surface area contributed by atoms with Crippen molar-refractivity contribution in [2.75, 3.05) is 12.0 Å². The highest BCUT2D eigenvalue weighted by Crippen LogP contribution is 2.42. The predicted octanol–water partition coefficient (Wildman–Crippen LogP) is 4.09. The Bertz CT molecular complexity index is 704. The second kappa shape index (κ2) is 5.32. The van der Waals surface area contributed by atoms with Gasteiger partial charge in [0.15, 0.2) is 6.19 Å². The van der Waals surface area contributed by atoms with Crippen molar-refractivity contribution in [3.63, 3.8) is 0 Å². The van der Waals surface area contributed by atoms with Gasteiger partial charge in [-0.25, -0.2) is 4.90 Å². The van der Waals surface area contributed by atoms with Crippen molar-refractivity contribution in [3.8, 4) is 11.9 Å². The fraction of sp³-hybridized carbons (Fsp3) is 0.0625. The minimum atomic E-state index is 0.797. The quantitative estimate of drug-likeness (QED) is 0.776. The SMILES string of the molecule is COc1ccc2c(c1)SC=C(c1ccccc1)N2C#N. The van der Waals surface area contributed by atoms with E-state index >= 15 is 0 Å². The van der Waals surface area contributed by atoms with E-state index in [1.807, 2.05) is 53.9 Å². The van der Waals surface area contributed by atoms with E-state index in [0.717, 1.165) is 27.6 Å². The molecular weight excluding hydrogens is 268 g/mol. The smallest absolute Gasteiger partial charge is 0.189 e. The van der Waals surface area contributed by atoms with E-state index in [0.29, 0.717) is 0 Å². The first kappa shape index (κ1) is 12.6. The predicted molar refractivity (Wildman–Crippen MR) is 81.4 cm³/mol. The highest BCUT2D eigenvalue weighted by molar-refractivity contribution is 8.02. The number of hydrogen-bond donors (Lipinski definition) is 0. The lowest BCUT2D eigenvalue weighted by Crippen LogP contribution is -2.17. The van der Waals surface area contributed by atoms with E-state index in [4.69, 9.17) is 4.74 Å². The van der Waals surface area contributed by atoms with Crippen LogP contribution in [0.2, 0.25) is 0 Å². The molecule has 0 aromatic heterocycles. The van der Waals surface area contributed by atoms with Crippen molar-refractivity contribution in [1.82, 2.24) is 0 Å². The summed E-state index contributed by atoms with van der Waals surface area (Å²) in [4.78, 5) is 2.67. The first-order chi connectivity index (χ1) is 9.83. The Morgan fingerprint density at radius 1 is 1.15 bits per heavy atom. The van der Waals surface area contributed by atoms with Crippen LogP contribution in [0.5, 0.6) is 5.75 Å². The molecular formula is C16H12N2OS. The molecule has 0 aliphatic carbocycles. The van der Waals surface area contributed by atoms with Gasteiger partial charge < -0.3 is 4.74 Å². The number of nitriles is 1. The topological polar surface area (TPSA) is 36.3 Å². The van der Waals surface area contributed by atoms with Crippen LogP contribution < -0.4 is 9.64 Å². The first-order valence-corrected chi connectivity index (χ1v) is 7.01. The maximum absolute atomic E-state index is 9.49. The van der Waals surface area contributed by atoms with E-state index in [2.05, 4.69) is 6.19 Å². The van der Waals surface area contributed by atoms with Crippen LogP contribution in [-0.4, -0.2) is 7.11 Å². The van der Waals surface area contributed by atoms with Gasteiger partial charge in [-0.2, -0.15) is 5.26 Å². The lowest BCUT2D eigenvalue weighted by molar-refractivity contribution is 0.414. The standard InChI is InChI=1S/C16H12N2OS/c1-19-13-7-8-14-16(9-13)20-10-15(18(14)11-17)12-5-3-2-4-6-12/h2-10H,1H3. The molecule has 0 fully saturated rings. The average Bonchev–Trinajstić information content (AvgIpc) is 2.53. The maximum Gasteiger partial charge on any atom is 0.189 e. The second-order valence-electron chi connectivity index (χ2n) is 4.26. The van der Waals surface area contributed by atoms with Crippen LogP contribution >= 0.6 is 11.8 Å². The van der Waals surface area contributed by atoms with Gasteiger partial charge in [-0.15, -0.1) is 0 Å². The molecule has 0 saturated carbocycles. The van der Waals surface area contributed by atoms with Gasteiger partial charge in [0.1, 0.15) is 5.75 Å². The van der Waals surface area contributed by atoms with Crippen LogP contribution in [0.3, 0.4) is 0 Å². The Morgan fingerprint density at radius 3 is 2.65 bits per heavy atom. The molecule has 98 valence electrons. The fourth-order valence-corrected chi connectivity index (χ4v) is 3.06. The molecule has 0 saturated heterocycles. The Balaban J connectivity index is 2.06. The normalized spacial score (nSPS) is 13.2. The maximum atomic E-state index is 9.49. The molecule has 20 heavy (non-hydrogen) atoms. The summed E-state index contributed by atoms with van der Waals surface area (Å²) in [6, 6.07) is 15.7. The molecule has 0 N–H and O–H groups in total. The second-order valence-corrected chi connectivity index (χ2v) is 5.17. The lowest BCUT2D eigenvalue weighted by atomic mass is 10.1. The van der Waals surface area contributed by atoms with Gasteiger partial charge in [0.05, 0.1) is 18.5 Å². The van der Waals surface area contributed by atoms with E-state index in [1.165, 1.54) is 0 Å². The van der Waals surface area contributed by atoms with Crippen LogP contribution in [0.25, 0.3) is 5.70 Å². The van der Waals surface area contributed by atoms with Gasteiger partial charge in [-0.05, 0) is 23.8 Å². The zero-order chi connectivity index (χ0) is 13.9. The third kappa shape index (κ3) is 2.13. The molecule has 2 aromatic carbocycles. The number of fused-ring (bicyclic) bond motifs is 1. The van der Waals surface area contributed by atoms with Gasteiger partial charge in [-0.3, -0.25) is 0 Å². The highest BCUT2D eigenvalue weighted by atomic mass is 32.2. The van der Waals surface area contributed by atoms with E-state index in [1.54, 1.807) is 23.8 Å². The number of thioether (sulfide) groups is 1. The minimum absolute atomic E-state index is 0.797. The van der Waals surface area contributed by atoms with Crippen molar-refractivity contribution in [1.29, 1.82) is 5.26 Å². The summed E-state index contributed by atoms with van der Waals surface area (Å²) >= 11 is 1.61. The number of anilines is 1. The molecule has 0 unspecified atom stereocenters. The van der Waals surface area contributed by atoms with Crippen molar-refractivity contribution in [2.24, 2.45) is 0 Å². The Hall–Kier alpha value is -2.38. The van der Waals surface area contributed by atoms with Gasteiger partial charge in [0.25, 0.3) is 0 Å². The van der Waals surface area contributed by atoms with E-state index < -0.39 is 0 Å². The monoisotopic (exact) mass is 280 g/mol. The number of benzene rings is 2. The molecule has 3 nitrogen and oxygen atoms in total. The van der Waals surface area contributed by atoms with Crippen LogP contribution in [0.15, 0.2) is 58.8 Å². The molecule has 4 heteroatoms. The largest absolute Gasteiger partial charge is 0.497 e. The summed E-state index contributed by atoms with van der Waals surface area (Å²) < 4.78 is 5.23. The molecule has 0 atom stereocenters. The molecule has 1 aliphatic heterocycles. The lowest BCUT2D eigenvalue weighted by Gasteiger charge is -2.26. The van der Waals surface area contributed by atoms with Gasteiger partial charge >= 0.3 is 0 Å². The molecule has 1 heterocycles. The minimum Gasteiger partial charge on any atom is -0.497 e. The van der Waals surface area contributed by atoms with Gasteiger partial charge in [-0.1, -0.05) is 42.1 Å². The van der Waals surface area contributed by atoms with Crippen LogP contribution in [0.1, 0.15) is 5.56 Å². The zero-order valence-electron chi connectivity index (χ0n) is 10.9. The summed E-state index contributed by atoms with van der Waals surface area (Å²) in [5.74, 6) is 0.797. The highest BCUT2D eigenvalue weighted by Gasteiger charge is 2.21. The molecule has 0 spiro atoms. The van der Waals surface area contributed by atoms with Gasteiger partial charge in [0.2, 0.25) is 0 Å². The number of nitrogens with zero attached hydrogens (tertiary/aromatic N) is 2. The number of hydrogen-bond acceptors (Lipinski definition) is 4. The molecule has 1 aliphatic rings. The molecule has 0 bridgehead atoms. The van der Waals surface area contributed by atoms with Gasteiger partial charge in [0, 0.05) is 10.3 Å². The number of methoxy groups -OCH3 is 1. The average molecular weight is 280 g/mol. The number of ether oxygens (including phenoxy) is 1. The number of rotatable bonds is 2. The Morgan fingerprint density at radius 2 is 1.95 bits per heavy atom. The summed E-state index contributed by atoms with van der Waals surface area (Å²) in [7, 11) is 1.64. The van der Waals surface area contributed by atoms with Crippen LogP contribution in [-0.2, 0) is 0 Å². The van der Waals surface area contributed by atoms with Crippen molar-refractivity contribution in [2.45, 2.75) is 4.90 Å². The zero-order valence-corrected chi connectivity index (χ0v) is 11.7. The van der Waals surface area contributed by atoms with E-state index in [9.17, 15) is 5.26 Å². The van der Waals surface area contributed by atoms with Crippen molar-refractivity contribution in [3.05, 3.63) is 59.5 Å². The van der Waals surface area contributed by atoms with Crippen LogP contribution in [0, 0.1) is 11.5 Å². The summed E-state index contributed by atoms with van der Waals surface area (Å²) in [6.45, 7) is 0.